The molecule has 1 N–H and O–H groups in total. The van der Waals surface area contributed by atoms with Crippen LogP contribution >= 0.6 is 0 Å². The van der Waals surface area contributed by atoms with Gasteiger partial charge in [-0.25, -0.2) is 14.5 Å². The van der Waals surface area contributed by atoms with E-state index in [2.05, 4.69) is 37.5 Å². The lowest BCUT2D eigenvalue weighted by Crippen LogP contribution is -2.11. The Kier molecular flexibility index (Phi) is 4.74. The number of nitrogens with one attached hydrogen (secondary N) is 1. The quantitative estimate of drug-likeness (QED) is 0.484. The third-order valence-electron chi connectivity index (χ3n) is 5.60. The molecule has 1 aliphatic rings. The molecular weight excluding hydrogens is 402 g/mol. The van der Waals surface area contributed by atoms with Crippen LogP contribution in [0.1, 0.15) is 30.1 Å². The maximum absolute atomic E-state index is 9.35. The van der Waals surface area contributed by atoms with Gasteiger partial charge >= 0.3 is 0 Å². The number of hydrogen-bond donors (Lipinski definition) is 1. The van der Waals surface area contributed by atoms with Gasteiger partial charge in [0.25, 0.3) is 0 Å². The van der Waals surface area contributed by atoms with Gasteiger partial charge in [-0.2, -0.15) is 10.4 Å². The molecule has 1 saturated carbocycles. The van der Waals surface area contributed by atoms with Crippen LogP contribution in [0.5, 0.6) is 5.75 Å². The molecule has 5 rings (SSSR count). The Morgan fingerprint density at radius 2 is 1.94 bits per heavy atom. The Hall–Kier alpha value is -3.99. The topological polar surface area (TPSA) is 101 Å². The maximum Gasteiger partial charge on any atom is 0.154 e. The zero-order valence-corrected chi connectivity index (χ0v) is 18.3. The summed E-state index contributed by atoms with van der Waals surface area (Å²) >= 11 is 0. The summed E-state index contributed by atoms with van der Waals surface area (Å²) in [5.74, 6) is 2.81. The molecule has 4 aromatic heterocycles. The Morgan fingerprint density at radius 3 is 2.69 bits per heavy atom. The van der Waals surface area contributed by atoms with E-state index in [1.54, 1.807) is 6.20 Å². The fourth-order valence-corrected chi connectivity index (χ4v) is 3.68. The number of fused-ring (bicyclic) bond motifs is 1. The average Bonchev–Trinajstić information content (AvgIpc) is 3.43. The number of nitriles is 1. The molecule has 1 fully saturated rings. The molecule has 1 aliphatic carbocycles. The van der Waals surface area contributed by atoms with Crippen molar-refractivity contribution in [2.24, 2.45) is 5.41 Å². The van der Waals surface area contributed by atoms with E-state index in [9.17, 15) is 5.26 Å². The van der Waals surface area contributed by atoms with Gasteiger partial charge in [-0.3, -0.25) is 4.98 Å². The summed E-state index contributed by atoms with van der Waals surface area (Å²) in [5, 5.41) is 17.2. The van der Waals surface area contributed by atoms with E-state index in [0.29, 0.717) is 29.8 Å². The molecule has 0 bridgehead atoms. The van der Waals surface area contributed by atoms with Crippen LogP contribution in [0, 0.1) is 37.5 Å². The van der Waals surface area contributed by atoms with E-state index in [0.717, 1.165) is 40.9 Å². The lowest BCUT2D eigenvalue weighted by atomic mass is 10.1. The van der Waals surface area contributed by atoms with Gasteiger partial charge in [-0.15, -0.1) is 0 Å². The highest BCUT2D eigenvalue weighted by Gasteiger charge is 2.44. The number of ether oxygens (including phenoxy) is 1. The lowest BCUT2D eigenvalue weighted by Gasteiger charge is -2.14. The highest BCUT2D eigenvalue weighted by Crippen LogP contribution is 2.45. The summed E-state index contributed by atoms with van der Waals surface area (Å²) < 4.78 is 7.87. The van der Waals surface area contributed by atoms with E-state index in [1.165, 1.54) is 0 Å². The molecule has 0 unspecified atom stereocenters. The zero-order valence-electron chi connectivity index (χ0n) is 18.3. The van der Waals surface area contributed by atoms with Crippen LogP contribution in [0.4, 0.5) is 11.6 Å². The Morgan fingerprint density at radius 1 is 1.09 bits per heavy atom. The Bertz CT molecular complexity index is 1340. The van der Waals surface area contributed by atoms with Crippen LogP contribution in [0.2, 0.25) is 0 Å². The van der Waals surface area contributed by atoms with Crippen LogP contribution in [0.3, 0.4) is 0 Å². The van der Waals surface area contributed by atoms with Gasteiger partial charge in [0.1, 0.15) is 24.0 Å². The van der Waals surface area contributed by atoms with Gasteiger partial charge in [0.15, 0.2) is 5.82 Å². The number of hydrogen-bond acceptors (Lipinski definition) is 7. The van der Waals surface area contributed by atoms with Crippen molar-refractivity contribution < 1.29 is 4.74 Å². The first-order chi connectivity index (χ1) is 15.4. The van der Waals surface area contributed by atoms with Crippen molar-refractivity contribution in [3.05, 3.63) is 59.9 Å². The fourth-order valence-electron chi connectivity index (χ4n) is 3.68. The molecular formula is C24H23N7O. The van der Waals surface area contributed by atoms with Crippen molar-refractivity contribution in [3.8, 4) is 22.9 Å². The summed E-state index contributed by atoms with van der Waals surface area (Å²) in [6.07, 6.45) is 5.44. The minimum Gasteiger partial charge on any atom is -0.490 e. The third kappa shape index (κ3) is 3.97. The number of anilines is 2. The van der Waals surface area contributed by atoms with Crippen LogP contribution < -0.4 is 10.1 Å². The normalized spacial score (nSPS) is 14.2. The average molecular weight is 425 g/mol. The zero-order chi connectivity index (χ0) is 22.3. The highest BCUT2D eigenvalue weighted by molar-refractivity contribution is 5.75. The van der Waals surface area contributed by atoms with E-state index in [1.807, 2.05) is 55.7 Å². The van der Waals surface area contributed by atoms with Gasteiger partial charge in [0.2, 0.25) is 0 Å². The van der Waals surface area contributed by atoms with Crippen molar-refractivity contribution >= 4 is 17.2 Å². The molecule has 160 valence electrons. The molecule has 0 aliphatic heterocycles. The molecule has 0 spiro atoms. The molecule has 0 radical (unpaired) electrons. The molecule has 0 saturated heterocycles. The predicted molar refractivity (Wildman–Crippen MR) is 121 cm³/mol. The maximum atomic E-state index is 9.35. The van der Waals surface area contributed by atoms with Crippen molar-refractivity contribution in [1.82, 2.24) is 24.6 Å². The van der Waals surface area contributed by atoms with Crippen molar-refractivity contribution in [2.75, 3.05) is 11.9 Å². The minimum atomic E-state index is -0.337. The van der Waals surface area contributed by atoms with Gasteiger partial charge in [0, 0.05) is 35.3 Å². The summed E-state index contributed by atoms with van der Waals surface area (Å²) in [4.78, 5) is 13.1. The molecule has 0 aromatic carbocycles. The summed E-state index contributed by atoms with van der Waals surface area (Å²) in [6, 6.07) is 12.3. The number of aryl methyl sites for hydroxylation is 3. The predicted octanol–water partition coefficient (Wildman–Crippen LogP) is 4.54. The van der Waals surface area contributed by atoms with E-state index >= 15 is 0 Å². The van der Waals surface area contributed by atoms with Gasteiger partial charge in [-0.1, -0.05) is 0 Å². The first kappa shape index (κ1) is 19.9. The first-order valence-electron chi connectivity index (χ1n) is 10.5. The first-order valence-corrected chi connectivity index (χ1v) is 10.5. The Balaban J connectivity index is 1.45. The van der Waals surface area contributed by atoms with E-state index in [4.69, 9.17) is 4.74 Å². The minimum absolute atomic E-state index is 0.337. The monoisotopic (exact) mass is 425 g/mol. The van der Waals surface area contributed by atoms with Crippen molar-refractivity contribution in [1.29, 1.82) is 5.26 Å². The highest BCUT2D eigenvalue weighted by atomic mass is 16.5. The van der Waals surface area contributed by atoms with Crippen LogP contribution in [0.15, 0.2) is 42.7 Å². The largest absolute Gasteiger partial charge is 0.490 e. The fraction of sp³-hybridized carbons (Fsp3) is 0.292. The summed E-state index contributed by atoms with van der Waals surface area (Å²) in [5.41, 5.74) is 4.35. The third-order valence-corrected chi connectivity index (χ3v) is 5.60. The lowest BCUT2D eigenvalue weighted by molar-refractivity contribution is 0.269. The van der Waals surface area contributed by atoms with Crippen molar-refractivity contribution in [3.63, 3.8) is 0 Å². The Labute approximate surface area is 185 Å². The number of rotatable bonds is 6. The smallest absolute Gasteiger partial charge is 0.154 e. The van der Waals surface area contributed by atoms with Gasteiger partial charge in [0.05, 0.1) is 23.2 Å². The summed E-state index contributed by atoms with van der Waals surface area (Å²) in [6.45, 7) is 6.15. The second-order valence-electron chi connectivity index (χ2n) is 8.38. The second-order valence-corrected chi connectivity index (χ2v) is 8.38. The molecule has 0 atom stereocenters. The second kappa shape index (κ2) is 7.61. The van der Waals surface area contributed by atoms with Gasteiger partial charge < -0.3 is 10.1 Å². The molecule has 4 aromatic rings. The standard InChI is InChI=1S/C24H23N7O/c1-15-8-20(21(12-26-15)32-14-24(13-25)5-6-24)18-4-7-31-19(10-18)11-23(30-31)29-22-9-16(2)27-17(3)28-22/h4,7-12H,5-6,14H2,1-3H3,(H,27,28,29,30). The van der Waals surface area contributed by atoms with E-state index < -0.39 is 0 Å². The van der Waals surface area contributed by atoms with Crippen LogP contribution in [0.25, 0.3) is 16.6 Å². The molecule has 8 heteroatoms. The number of aromatic nitrogens is 5. The van der Waals surface area contributed by atoms with Crippen molar-refractivity contribution in [2.45, 2.75) is 33.6 Å². The molecule has 32 heavy (non-hydrogen) atoms. The molecule has 0 amide bonds. The van der Waals surface area contributed by atoms with E-state index in [-0.39, 0.29) is 5.41 Å². The number of nitrogens with zero attached hydrogens (tertiary/aromatic N) is 6. The summed E-state index contributed by atoms with van der Waals surface area (Å²) in [7, 11) is 0. The van der Waals surface area contributed by atoms with Crippen LogP contribution in [-0.2, 0) is 0 Å². The number of pyridine rings is 2. The molecule has 8 nitrogen and oxygen atoms in total. The molecule has 4 heterocycles. The van der Waals surface area contributed by atoms with Crippen LogP contribution in [-0.4, -0.2) is 31.2 Å². The van der Waals surface area contributed by atoms with Gasteiger partial charge in [-0.05, 0) is 57.4 Å². The SMILES string of the molecule is Cc1cc(-c2ccn3nc(Nc4cc(C)nc(C)n4)cc3c2)c(OCC2(C#N)CC2)cn1.